The van der Waals surface area contributed by atoms with Crippen molar-refractivity contribution in [2.75, 3.05) is 4.72 Å². The van der Waals surface area contributed by atoms with Crippen LogP contribution in [0.5, 0.6) is 0 Å². The van der Waals surface area contributed by atoms with Crippen molar-refractivity contribution in [3.8, 4) is 0 Å². The van der Waals surface area contributed by atoms with Crippen LogP contribution in [0.25, 0.3) is 0 Å². The second-order valence-electron chi connectivity index (χ2n) is 4.50. The van der Waals surface area contributed by atoms with Crippen LogP contribution in [0.15, 0.2) is 41.3 Å². The van der Waals surface area contributed by atoms with Crippen molar-refractivity contribution >= 4 is 27.3 Å². The quantitative estimate of drug-likeness (QED) is 0.934. The van der Waals surface area contributed by atoms with Crippen molar-refractivity contribution < 1.29 is 12.8 Å². The van der Waals surface area contributed by atoms with E-state index in [0.717, 1.165) is 29.3 Å². The summed E-state index contributed by atoms with van der Waals surface area (Å²) in [7, 11) is -3.84. The summed E-state index contributed by atoms with van der Waals surface area (Å²) in [6, 6.07) is 8.52. The van der Waals surface area contributed by atoms with Gasteiger partial charge in [-0.2, -0.15) is 0 Å². The molecule has 1 N–H and O–H groups in total. The monoisotopic (exact) mass is 313 g/mol. The lowest BCUT2D eigenvalue weighted by Crippen LogP contribution is -2.14. The molecule has 0 fully saturated rings. The largest absolute Gasteiger partial charge is 0.279 e. The highest BCUT2D eigenvalue weighted by Crippen LogP contribution is 2.26. The van der Waals surface area contributed by atoms with Crippen LogP contribution < -0.4 is 4.72 Å². The molecule has 6 heteroatoms. The number of sulfonamides is 1. The molecule has 106 valence electrons. The molecule has 0 aliphatic heterocycles. The van der Waals surface area contributed by atoms with Crippen molar-refractivity contribution in [2.24, 2.45) is 0 Å². The van der Waals surface area contributed by atoms with E-state index in [9.17, 15) is 12.8 Å². The van der Waals surface area contributed by atoms with E-state index >= 15 is 0 Å². The Balaban J connectivity index is 2.41. The number of aryl methyl sites for hydroxylation is 2. The molecule has 0 aliphatic rings. The van der Waals surface area contributed by atoms with Gasteiger partial charge in [-0.05, 0) is 43.7 Å². The van der Waals surface area contributed by atoms with Crippen molar-refractivity contribution in [1.82, 2.24) is 0 Å². The zero-order chi connectivity index (χ0) is 14.9. The van der Waals surface area contributed by atoms with E-state index in [0.29, 0.717) is 5.69 Å². The van der Waals surface area contributed by atoms with E-state index in [1.54, 1.807) is 19.1 Å². The van der Waals surface area contributed by atoms with Gasteiger partial charge in [0.25, 0.3) is 10.0 Å². The van der Waals surface area contributed by atoms with E-state index < -0.39 is 15.8 Å². The molecule has 0 aromatic heterocycles. The fourth-order valence-corrected chi connectivity index (χ4v) is 3.48. The minimum atomic E-state index is -3.84. The molecule has 20 heavy (non-hydrogen) atoms. The van der Waals surface area contributed by atoms with Crippen LogP contribution in [0.1, 0.15) is 11.1 Å². The minimum Gasteiger partial charge on any atom is -0.279 e. The van der Waals surface area contributed by atoms with E-state index in [4.69, 9.17) is 11.6 Å². The van der Waals surface area contributed by atoms with E-state index in [1.165, 1.54) is 0 Å². The Morgan fingerprint density at radius 1 is 1.10 bits per heavy atom. The summed E-state index contributed by atoms with van der Waals surface area (Å²) in [6.45, 7) is 3.72. The Morgan fingerprint density at radius 2 is 1.80 bits per heavy atom. The van der Waals surface area contributed by atoms with Gasteiger partial charge in [0.15, 0.2) is 0 Å². The molecule has 0 spiro atoms. The van der Waals surface area contributed by atoms with Crippen molar-refractivity contribution in [3.05, 3.63) is 58.4 Å². The smallest absolute Gasteiger partial charge is 0.263 e. The van der Waals surface area contributed by atoms with Crippen LogP contribution >= 0.6 is 11.6 Å². The number of benzene rings is 2. The fourth-order valence-electron chi connectivity index (χ4n) is 1.82. The SMILES string of the molecule is Cc1ccc(NS(=O)(=O)c2ccc(F)cc2Cl)c(C)c1. The highest BCUT2D eigenvalue weighted by atomic mass is 35.5. The third-order valence-electron chi connectivity index (χ3n) is 2.81. The molecule has 0 radical (unpaired) electrons. The van der Waals surface area contributed by atoms with Gasteiger partial charge < -0.3 is 0 Å². The van der Waals surface area contributed by atoms with Gasteiger partial charge in [-0.1, -0.05) is 29.3 Å². The third-order valence-corrected chi connectivity index (χ3v) is 4.66. The summed E-state index contributed by atoms with van der Waals surface area (Å²) in [6.07, 6.45) is 0. The molecule has 0 bridgehead atoms. The summed E-state index contributed by atoms with van der Waals surface area (Å²) in [5.74, 6) is -0.583. The summed E-state index contributed by atoms with van der Waals surface area (Å²) >= 11 is 5.79. The summed E-state index contributed by atoms with van der Waals surface area (Å²) in [5, 5.41) is -0.151. The first-order valence-corrected chi connectivity index (χ1v) is 7.71. The van der Waals surface area contributed by atoms with E-state index in [1.807, 2.05) is 13.0 Å². The first-order chi connectivity index (χ1) is 9.29. The van der Waals surface area contributed by atoms with Crippen LogP contribution in [0.4, 0.5) is 10.1 Å². The standard InChI is InChI=1S/C14H13ClFNO2S/c1-9-3-5-13(10(2)7-9)17-20(18,19)14-6-4-11(16)8-12(14)15/h3-8,17H,1-2H3. The van der Waals surface area contributed by atoms with Crippen LogP contribution in [-0.2, 0) is 10.0 Å². The topological polar surface area (TPSA) is 46.2 Å². The molecule has 2 aromatic rings. The molecule has 0 atom stereocenters. The van der Waals surface area contributed by atoms with Gasteiger partial charge >= 0.3 is 0 Å². The third kappa shape index (κ3) is 3.11. The predicted molar refractivity (Wildman–Crippen MR) is 78.1 cm³/mol. The van der Waals surface area contributed by atoms with Gasteiger partial charge in [0.2, 0.25) is 0 Å². The van der Waals surface area contributed by atoms with Gasteiger partial charge in [-0.15, -0.1) is 0 Å². The summed E-state index contributed by atoms with van der Waals surface area (Å²) in [5.41, 5.74) is 2.30. The molecule has 2 rings (SSSR count). The molecule has 0 heterocycles. The molecule has 3 nitrogen and oxygen atoms in total. The molecule has 0 aliphatic carbocycles. The lowest BCUT2D eigenvalue weighted by molar-refractivity contribution is 0.599. The number of hydrogen-bond acceptors (Lipinski definition) is 2. The average molecular weight is 314 g/mol. The molecule has 0 saturated carbocycles. The first-order valence-electron chi connectivity index (χ1n) is 5.85. The molecule has 0 saturated heterocycles. The second kappa shape index (κ2) is 5.42. The average Bonchev–Trinajstić information content (AvgIpc) is 2.32. The van der Waals surface area contributed by atoms with Gasteiger partial charge in [-0.3, -0.25) is 4.72 Å². The van der Waals surface area contributed by atoms with E-state index in [2.05, 4.69) is 4.72 Å². The van der Waals surface area contributed by atoms with Gasteiger partial charge in [0.1, 0.15) is 10.7 Å². The second-order valence-corrected chi connectivity index (χ2v) is 6.56. The Bertz CT molecular complexity index is 760. The first kappa shape index (κ1) is 14.8. The van der Waals surface area contributed by atoms with Gasteiger partial charge in [0, 0.05) is 0 Å². The maximum Gasteiger partial charge on any atom is 0.263 e. The zero-order valence-electron chi connectivity index (χ0n) is 10.9. The van der Waals surface area contributed by atoms with Crippen LogP contribution in [-0.4, -0.2) is 8.42 Å². The maximum absolute atomic E-state index is 13.0. The van der Waals surface area contributed by atoms with Crippen molar-refractivity contribution in [1.29, 1.82) is 0 Å². The highest BCUT2D eigenvalue weighted by molar-refractivity contribution is 7.92. The lowest BCUT2D eigenvalue weighted by Gasteiger charge is -2.12. The van der Waals surface area contributed by atoms with Crippen molar-refractivity contribution in [2.45, 2.75) is 18.7 Å². The molecule has 0 unspecified atom stereocenters. The Labute approximate surface area is 122 Å². The Kier molecular flexibility index (Phi) is 4.01. The summed E-state index contributed by atoms with van der Waals surface area (Å²) in [4.78, 5) is -0.152. The highest BCUT2D eigenvalue weighted by Gasteiger charge is 2.19. The Hall–Kier alpha value is -1.59. The molecule has 2 aromatic carbocycles. The Morgan fingerprint density at radius 3 is 2.40 bits per heavy atom. The van der Waals surface area contributed by atoms with Gasteiger partial charge in [-0.25, -0.2) is 12.8 Å². The number of anilines is 1. The predicted octanol–water partition coefficient (Wildman–Crippen LogP) is 3.90. The van der Waals surface area contributed by atoms with Gasteiger partial charge in [0.05, 0.1) is 10.7 Å². The van der Waals surface area contributed by atoms with Crippen LogP contribution in [0.2, 0.25) is 5.02 Å². The maximum atomic E-state index is 13.0. The molecular weight excluding hydrogens is 301 g/mol. The molecule has 0 amide bonds. The normalized spacial score (nSPS) is 11.4. The fraction of sp³-hybridized carbons (Fsp3) is 0.143. The van der Waals surface area contributed by atoms with Crippen molar-refractivity contribution in [3.63, 3.8) is 0 Å². The van der Waals surface area contributed by atoms with Crippen LogP contribution in [0.3, 0.4) is 0 Å². The summed E-state index contributed by atoms with van der Waals surface area (Å²) < 4.78 is 39.9. The minimum absolute atomic E-state index is 0.151. The van der Waals surface area contributed by atoms with E-state index in [-0.39, 0.29) is 9.92 Å². The van der Waals surface area contributed by atoms with Crippen LogP contribution in [0, 0.1) is 19.7 Å². The number of rotatable bonds is 3. The zero-order valence-corrected chi connectivity index (χ0v) is 12.5. The molecular formula is C14H13ClFNO2S. The number of hydrogen-bond donors (Lipinski definition) is 1. The number of nitrogens with one attached hydrogen (secondary N) is 1. The number of halogens is 2. The lowest BCUT2D eigenvalue weighted by atomic mass is 10.1.